The minimum Gasteiger partial charge on any atom is -0.459 e. The number of nitrogens with zero attached hydrogens (tertiary/aromatic N) is 2. The third kappa shape index (κ3) is 4.02. The molecule has 1 aliphatic carbocycles. The molecule has 2 aromatic rings. The summed E-state index contributed by atoms with van der Waals surface area (Å²) in [5.74, 6) is 2.06. The second-order valence-corrected chi connectivity index (χ2v) is 8.40. The van der Waals surface area contributed by atoms with E-state index in [1.54, 1.807) is 6.07 Å². The molecule has 1 saturated carbocycles. The molecular weight excluding hydrogens is 343 g/mol. The van der Waals surface area contributed by atoms with Crippen molar-refractivity contribution in [1.29, 1.82) is 0 Å². The number of aryl methyl sites for hydroxylation is 1. The van der Waals surface area contributed by atoms with Crippen molar-refractivity contribution < 1.29 is 18.5 Å². The third-order valence-corrected chi connectivity index (χ3v) is 6.14. The molecule has 3 atom stereocenters. The standard InChI is InChI=1S/C22H32FN2O2/c1-6-21-24(5)19-12-16(23)8-10-18(19)25(21)13-22(26)27-20-11-15(4)7-9-17(20)14(2)3/h8,10,12,14-15,17,20H,6-7,9,11,13H2,1-5H3/q+1/t15-,17+,20?/m1/s1. The molecule has 0 saturated heterocycles. The Morgan fingerprint density at radius 1 is 1.37 bits per heavy atom. The molecule has 1 aliphatic rings. The molecule has 0 radical (unpaired) electrons. The van der Waals surface area contributed by atoms with Gasteiger partial charge in [0.25, 0.3) is 5.82 Å². The van der Waals surface area contributed by atoms with Crippen LogP contribution in [-0.2, 0) is 29.5 Å². The predicted octanol–water partition coefficient (Wildman–Crippen LogP) is 4.17. The Labute approximate surface area is 161 Å². The SMILES string of the molecule is CCc1n(C)c2cc(F)ccc2[n+]1CC(=O)OC1C[C@H](C)CC[C@H]1C(C)C. The zero-order valence-corrected chi connectivity index (χ0v) is 17.2. The summed E-state index contributed by atoms with van der Waals surface area (Å²) in [6.07, 6.45) is 4.04. The van der Waals surface area contributed by atoms with Crippen molar-refractivity contribution in [3.05, 3.63) is 29.8 Å². The number of hydrogen-bond acceptors (Lipinski definition) is 2. The van der Waals surface area contributed by atoms with E-state index >= 15 is 0 Å². The predicted molar refractivity (Wildman–Crippen MR) is 104 cm³/mol. The summed E-state index contributed by atoms with van der Waals surface area (Å²) in [5, 5.41) is 0. The zero-order chi connectivity index (χ0) is 19.7. The quantitative estimate of drug-likeness (QED) is 0.581. The monoisotopic (exact) mass is 375 g/mol. The minimum absolute atomic E-state index is 0.000604. The second kappa shape index (κ2) is 7.99. The molecule has 0 spiro atoms. The summed E-state index contributed by atoms with van der Waals surface area (Å²) in [6.45, 7) is 8.88. The lowest BCUT2D eigenvalue weighted by atomic mass is 9.75. The average molecular weight is 376 g/mol. The van der Waals surface area contributed by atoms with Gasteiger partial charge in [0.15, 0.2) is 17.6 Å². The largest absolute Gasteiger partial charge is 0.459 e. The minimum atomic E-state index is -0.267. The van der Waals surface area contributed by atoms with Crippen molar-refractivity contribution in [3.63, 3.8) is 0 Å². The van der Waals surface area contributed by atoms with Crippen LogP contribution in [-0.4, -0.2) is 16.6 Å². The first-order valence-corrected chi connectivity index (χ1v) is 10.2. The number of carbonyl (C=O) groups is 1. The van der Waals surface area contributed by atoms with Gasteiger partial charge < -0.3 is 4.74 Å². The lowest BCUT2D eigenvalue weighted by molar-refractivity contribution is -0.668. The molecule has 1 aromatic heterocycles. The number of aromatic nitrogens is 2. The smallest absolute Gasteiger partial charge is 0.348 e. The van der Waals surface area contributed by atoms with Gasteiger partial charge in [0.05, 0.1) is 7.05 Å². The molecule has 1 aromatic carbocycles. The van der Waals surface area contributed by atoms with Gasteiger partial charge in [0.2, 0.25) is 0 Å². The number of fused-ring (bicyclic) bond motifs is 1. The van der Waals surface area contributed by atoms with E-state index in [9.17, 15) is 9.18 Å². The topological polar surface area (TPSA) is 35.1 Å². The number of halogens is 1. The Morgan fingerprint density at radius 3 is 2.78 bits per heavy atom. The fourth-order valence-electron chi connectivity index (χ4n) is 4.64. The second-order valence-electron chi connectivity index (χ2n) is 8.40. The Morgan fingerprint density at radius 2 is 2.11 bits per heavy atom. The molecule has 1 heterocycles. The maximum atomic E-state index is 13.7. The van der Waals surface area contributed by atoms with E-state index in [1.165, 1.54) is 18.6 Å². The molecule has 5 heteroatoms. The van der Waals surface area contributed by atoms with Crippen molar-refractivity contribution in [3.8, 4) is 0 Å². The van der Waals surface area contributed by atoms with Crippen molar-refractivity contribution in [2.24, 2.45) is 24.8 Å². The lowest BCUT2D eigenvalue weighted by Crippen LogP contribution is -2.44. The van der Waals surface area contributed by atoms with Gasteiger partial charge in [-0.1, -0.05) is 34.1 Å². The average Bonchev–Trinajstić information content (AvgIpc) is 2.85. The first-order valence-electron chi connectivity index (χ1n) is 10.2. The molecule has 148 valence electrons. The molecular formula is C22H32FN2O2+. The summed E-state index contributed by atoms with van der Waals surface area (Å²) in [5.41, 5.74) is 1.66. The van der Waals surface area contributed by atoms with E-state index in [1.807, 2.05) is 23.1 Å². The summed E-state index contributed by atoms with van der Waals surface area (Å²) < 4.78 is 23.6. The number of rotatable bonds is 5. The van der Waals surface area contributed by atoms with Gasteiger partial charge in [-0.05, 0) is 42.7 Å². The fraction of sp³-hybridized carbons (Fsp3) is 0.636. The Balaban J connectivity index is 1.83. The summed E-state index contributed by atoms with van der Waals surface area (Å²) in [7, 11) is 1.92. The first-order chi connectivity index (χ1) is 12.8. The Hall–Kier alpha value is -1.91. The summed E-state index contributed by atoms with van der Waals surface area (Å²) >= 11 is 0. The van der Waals surface area contributed by atoms with Crippen LogP contribution in [0.3, 0.4) is 0 Å². The van der Waals surface area contributed by atoms with Crippen LogP contribution in [0.25, 0.3) is 11.0 Å². The van der Waals surface area contributed by atoms with Gasteiger partial charge >= 0.3 is 5.97 Å². The third-order valence-electron chi connectivity index (χ3n) is 6.14. The van der Waals surface area contributed by atoms with Crippen LogP contribution in [0, 0.1) is 23.6 Å². The van der Waals surface area contributed by atoms with Crippen LogP contribution in [0.5, 0.6) is 0 Å². The van der Waals surface area contributed by atoms with Crippen molar-refractivity contribution in [2.75, 3.05) is 0 Å². The van der Waals surface area contributed by atoms with Gasteiger partial charge in [-0.3, -0.25) is 0 Å². The van der Waals surface area contributed by atoms with Gasteiger partial charge in [-0.2, -0.15) is 0 Å². The van der Waals surface area contributed by atoms with Crippen LogP contribution >= 0.6 is 0 Å². The van der Waals surface area contributed by atoms with E-state index < -0.39 is 0 Å². The van der Waals surface area contributed by atoms with Gasteiger partial charge in [-0.25, -0.2) is 18.3 Å². The number of imidazole rings is 1. The molecule has 3 rings (SSSR count). The number of hydrogen-bond donors (Lipinski definition) is 0. The van der Waals surface area contributed by atoms with Crippen LogP contribution in [0.4, 0.5) is 4.39 Å². The molecule has 0 N–H and O–H groups in total. The molecule has 4 nitrogen and oxygen atoms in total. The normalized spacial score (nSPS) is 23.1. The van der Waals surface area contributed by atoms with E-state index in [2.05, 4.69) is 20.8 Å². The van der Waals surface area contributed by atoms with E-state index in [-0.39, 0.29) is 24.4 Å². The molecule has 0 aliphatic heterocycles. The van der Waals surface area contributed by atoms with E-state index in [0.29, 0.717) is 17.8 Å². The highest BCUT2D eigenvalue weighted by Crippen LogP contribution is 2.35. The summed E-state index contributed by atoms with van der Waals surface area (Å²) in [6, 6.07) is 4.71. The molecule has 27 heavy (non-hydrogen) atoms. The van der Waals surface area contributed by atoms with E-state index in [4.69, 9.17) is 4.74 Å². The highest BCUT2D eigenvalue weighted by atomic mass is 19.1. The molecule has 0 bridgehead atoms. The van der Waals surface area contributed by atoms with Gasteiger partial charge in [-0.15, -0.1) is 0 Å². The Kier molecular flexibility index (Phi) is 5.87. The van der Waals surface area contributed by atoms with Gasteiger partial charge in [0.1, 0.15) is 11.9 Å². The van der Waals surface area contributed by atoms with Crippen LogP contribution in [0.15, 0.2) is 18.2 Å². The van der Waals surface area contributed by atoms with Crippen LogP contribution in [0.2, 0.25) is 0 Å². The van der Waals surface area contributed by atoms with Gasteiger partial charge in [0, 0.05) is 12.5 Å². The zero-order valence-electron chi connectivity index (χ0n) is 17.2. The van der Waals surface area contributed by atoms with Crippen LogP contribution < -0.4 is 4.57 Å². The maximum absolute atomic E-state index is 13.7. The molecule has 0 amide bonds. The number of ether oxygens (including phenoxy) is 1. The number of carbonyl (C=O) groups excluding carboxylic acids is 1. The highest BCUT2D eigenvalue weighted by molar-refractivity contribution is 5.74. The Bertz CT molecular complexity index is 827. The summed E-state index contributed by atoms with van der Waals surface area (Å²) in [4.78, 5) is 12.8. The van der Waals surface area contributed by atoms with Crippen molar-refractivity contribution >= 4 is 17.0 Å². The number of benzene rings is 1. The number of esters is 1. The molecule has 1 fully saturated rings. The van der Waals surface area contributed by atoms with E-state index in [0.717, 1.165) is 36.1 Å². The highest BCUT2D eigenvalue weighted by Gasteiger charge is 2.34. The van der Waals surface area contributed by atoms with Crippen molar-refractivity contribution in [2.45, 2.75) is 66.0 Å². The maximum Gasteiger partial charge on any atom is 0.348 e. The van der Waals surface area contributed by atoms with Crippen molar-refractivity contribution in [1.82, 2.24) is 4.57 Å². The lowest BCUT2D eigenvalue weighted by Gasteiger charge is -2.36. The molecule has 1 unspecified atom stereocenters. The van der Waals surface area contributed by atoms with Crippen LogP contribution in [0.1, 0.15) is 52.8 Å². The fourth-order valence-corrected chi connectivity index (χ4v) is 4.64. The first kappa shape index (κ1) is 19.8.